The first-order chi connectivity index (χ1) is 20.7. The molecule has 1 aromatic heterocycles. The van der Waals surface area contributed by atoms with E-state index in [1.54, 1.807) is 29.3 Å². The van der Waals surface area contributed by atoms with Gasteiger partial charge in [0.25, 0.3) is 0 Å². The van der Waals surface area contributed by atoms with Gasteiger partial charge in [-0.3, -0.25) is 4.98 Å². The minimum atomic E-state index is -3.32. The van der Waals surface area contributed by atoms with Gasteiger partial charge in [-0.15, -0.1) is 0 Å². The van der Waals surface area contributed by atoms with Crippen LogP contribution in [0.1, 0.15) is 47.2 Å². The third-order valence-corrected chi connectivity index (χ3v) is 9.97. The predicted molar refractivity (Wildman–Crippen MR) is 167 cm³/mol. The molecule has 8 heteroatoms. The van der Waals surface area contributed by atoms with Crippen LogP contribution >= 0.6 is 0 Å². The molecule has 3 aromatic carbocycles. The van der Waals surface area contributed by atoms with Crippen molar-refractivity contribution in [1.29, 1.82) is 0 Å². The normalized spacial score (nSPS) is 15.9. The van der Waals surface area contributed by atoms with Gasteiger partial charge in [-0.05, 0) is 84.8 Å². The molecule has 1 saturated heterocycles. The highest BCUT2D eigenvalue weighted by Gasteiger charge is 2.41. The summed E-state index contributed by atoms with van der Waals surface area (Å²) in [6.45, 7) is 5.17. The van der Waals surface area contributed by atoms with Crippen LogP contribution < -0.4 is 9.47 Å². The van der Waals surface area contributed by atoms with E-state index in [4.69, 9.17) is 9.47 Å². The zero-order valence-electron chi connectivity index (χ0n) is 24.6. The molecule has 0 atom stereocenters. The molecule has 7 nitrogen and oxygen atoms in total. The lowest BCUT2D eigenvalue weighted by molar-refractivity contribution is -0.00950. The van der Waals surface area contributed by atoms with E-state index in [1.165, 1.54) is 5.56 Å². The number of carbonyl (C=O) groups is 1. The predicted octanol–water partition coefficient (Wildman–Crippen LogP) is 6.84. The maximum absolute atomic E-state index is 12.8. The molecule has 0 aliphatic carbocycles. The fraction of sp³-hybridized carbons (Fsp3) is 0.314. The quantitative estimate of drug-likeness (QED) is 0.242. The molecule has 0 unspecified atom stereocenters. The van der Waals surface area contributed by atoms with E-state index in [0.717, 1.165) is 59.3 Å². The summed E-state index contributed by atoms with van der Waals surface area (Å²) in [7, 11) is -3.32. The number of sulfone groups is 1. The summed E-state index contributed by atoms with van der Waals surface area (Å²) < 4.78 is 37.7. The molecule has 6 rings (SSSR count). The lowest BCUT2D eigenvalue weighted by Crippen LogP contribution is -2.51. The van der Waals surface area contributed by atoms with Crippen LogP contribution in [0, 0.1) is 13.8 Å². The topological polar surface area (TPSA) is 85.8 Å². The van der Waals surface area contributed by atoms with Crippen LogP contribution in [0.25, 0.3) is 11.1 Å². The van der Waals surface area contributed by atoms with Crippen LogP contribution in [0.15, 0.2) is 85.1 Å². The van der Waals surface area contributed by atoms with Crippen LogP contribution in [0.2, 0.25) is 0 Å². The number of fused-ring (bicyclic) bond motifs is 1. The van der Waals surface area contributed by atoms with Crippen LogP contribution in [-0.4, -0.2) is 43.1 Å². The van der Waals surface area contributed by atoms with E-state index in [2.05, 4.69) is 17.1 Å². The van der Waals surface area contributed by atoms with Gasteiger partial charge in [-0.25, -0.2) is 13.2 Å². The number of amides is 1. The Morgan fingerprint density at radius 1 is 0.907 bits per heavy atom. The highest BCUT2D eigenvalue weighted by atomic mass is 32.2. The molecule has 2 aliphatic heterocycles. The Labute approximate surface area is 253 Å². The smallest absolute Gasteiger partial charge is 0.415 e. The van der Waals surface area contributed by atoms with Crippen molar-refractivity contribution in [2.45, 2.75) is 56.6 Å². The molecule has 4 aromatic rings. The molecule has 0 bridgehead atoms. The number of carbonyl (C=O) groups excluding carboxylic acids is 1. The molecular formula is C35H36N2O5S. The van der Waals surface area contributed by atoms with Gasteiger partial charge in [-0.1, -0.05) is 54.1 Å². The monoisotopic (exact) mass is 596 g/mol. The number of hydrogen-bond donors (Lipinski definition) is 0. The van der Waals surface area contributed by atoms with Crippen molar-refractivity contribution in [3.8, 4) is 22.6 Å². The molecule has 1 amide bonds. The number of likely N-dealkylation sites (tertiary alicyclic amines) is 1. The highest BCUT2D eigenvalue weighted by Crippen LogP contribution is 2.41. The first-order valence-electron chi connectivity index (χ1n) is 14.7. The van der Waals surface area contributed by atoms with E-state index >= 15 is 0 Å². The summed E-state index contributed by atoms with van der Waals surface area (Å²) >= 11 is 0. The van der Waals surface area contributed by atoms with Gasteiger partial charge in [0.05, 0.1) is 17.2 Å². The van der Waals surface area contributed by atoms with Crippen molar-refractivity contribution in [1.82, 2.24) is 9.88 Å². The number of aryl methyl sites for hydroxylation is 3. The largest absolute Gasteiger partial charge is 0.487 e. The summed E-state index contributed by atoms with van der Waals surface area (Å²) in [5, 5.41) is 0. The number of piperidine rings is 1. The lowest BCUT2D eigenvalue weighted by atomic mass is 9.82. The van der Waals surface area contributed by atoms with Crippen LogP contribution in [-0.2, 0) is 27.8 Å². The summed E-state index contributed by atoms with van der Waals surface area (Å²) in [4.78, 5) is 18.8. The second-order valence-corrected chi connectivity index (χ2v) is 13.8. The van der Waals surface area contributed by atoms with E-state index in [0.29, 0.717) is 24.5 Å². The summed E-state index contributed by atoms with van der Waals surface area (Å²) in [5.41, 5.74) is 6.40. The van der Waals surface area contributed by atoms with Crippen LogP contribution in [0.4, 0.5) is 4.79 Å². The number of nitrogens with zero attached hydrogens (tertiary/aromatic N) is 2. The number of aromatic nitrogens is 1. The molecule has 0 radical (unpaired) electrons. The summed E-state index contributed by atoms with van der Waals surface area (Å²) in [6, 6.07) is 25.1. The molecule has 0 saturated carbocycles. The number of ether oxygens (including phenoxy) is 2. The van der Waals surface area contributed by atoms with E-state index in [-0.39, 0.29) is 23.2 Å². The number of benzene rings is 3. The van der Waals surface area contributed by atoms with Gasteiger partial charge in [0.15, 0.2) is 9.84 Å². The average Bonchev–Trinajstić information content (AvgIpc) is 2.99. The zero-order valence-corrected chi connectivity index (χ0v) is 25.4. The Hall–Kier alpha value is -4.17. The molecular weight excluding hydrogens is 560 g/mol. The molecule has 1 spiro atoms. The Kier molecular flexibility index (Phi) is 7.97. The molecule has 1 fully saturated rings. The molecule has 43 heavy (non-hydrogen) atoms. The SMILES string of the molecule is Cc1ccc(OC(=O)N2CCC3(CCc4cc(-c5ccc(CS(=O)(=O)Cc6ccccn6)cc5)ccc4O3)CC2)c(C)c1. The van der Waals surface area contributed by atoms with Crippen molar-refractivity contribution >= 4 is 15.9 Å². The number of pyridine rings is 1. The molecule has 222 valence electrons. The van der Waals surface area contributed by atoms with Gasteiger partial charge in [0, 0.05) is 32.1 Å². The number of rotatable bonds is 6. The molecule has 3 heterocycles. The van der Waals surface area contributed by atoms with Gasteiger partial charge < -0.3 is 14.4 Å². The van der Waals surface area contributed by atoms with Crippen LogP contribution in [0.3, 0.4) is 0 Å². The van der Waals surface area contributed by atoms with Crippen molar-refractivity contribution in [3.63, 3.8) is 0 Å². The third kappa shape index (κ3) is 6.75. The van der Waals surface area contributed by atoms with Crippen LogP contribution in [0.5, 0.6) is 11.5 Å². The lowest BCUT2D eigenvalue weighted by Gasteiger charge is -2.44. The Balaban J connectivity index is 1.06. The fourth-order valence-corrected chi connectivity index (χ4v) is 7.45. The minimum Gasteiger partial charge on any atom is -0.487 e. The average molecular weight is 597 g/mol. The standard InChI is InChI=1S/C35H36N2O5S/c1-25-6-12-32(26(2)21-25)41-34(38)37-19-16-35(17-20-37)15-14-30-22-29(11-13-33(30)42-35)28-9-7-27(8-10-28)23-43(39,40)24-31-5-3-4-18-36-31/h3-13,18,21-22H,14-17,19-20,23-24H2,1-2H3. The van der Waals surface area contributed by atoms with E-state index < -0.39 is 9.84 Å². The summed E-state index contributed by atoms with van der Waals surface area (Å²) in [6.07, 6.45) is 4.64. The molecule has 2 aliphatic rings. The van der Waals surface area contributed by atoms with Crippen molar-refractivity contribution < 1.29 is 22.7 Å². The van der Waals surface area contributed by atoms with Crippen molar-refractivity contribution in [3.05, 3.63) is 113 Å². The fourth-order valence-electron chi connectivity index (χ4n) is 6.03. The maximum atomic E-state index is 12.8. The maximum Gasteiger partial charge on any atom is 0.415 e. The summed E-state index contributed by atoms with van der Waals surface area (Å²) in [5.74, 6) is 1.41. The zero-order chi connectivity index (χ0) is 30.0. The first-order valence-corrected chi connectivity index (χ1v) is 16.5. The Bertz CT molecular complexity index is 1730. The van der Waals surface area contributed by atoms with E-state index in [1.807, 2.05) is 62.4 Å². The van der Waals surface area contributed by atoms with Gasteiger partial charge in [0.2, 0.25) is 0 Å². The minimum absolute atomic E-state index is 0.0231. The highest BCUT2D eigenvalue weighted by molar-refractivity contribution is 7.89. The third-order valence-electron chi connectivity index (χ3n) is 8.47. The Morgan fingerprint density at radius 3 is 2.40 bits per heavy atom. The van der Waals surface area contributed by atoms with Crippen molar-refractivity contribution in [2.75, 3.05) is 13.1 Å². The first kappa shape index (κ1) is 28.9. The second kappa shape index (κ2) is 11.8. The Morgan fingerprint density at radius 2 is 1.67 bits per heavy atom. The molecule has 0 N–H and O–H groups in total. The van der Waals surface area contributed by atoms with Gasteiger partial charge in [0.1, 0.15) is 17.1 Å². The van der Waals surface area contributed by atoms with Gasteiger partial charge >= 0.3 is 6.09 Å². The number of hydrogen-bond acceptors (Lipinski definition) is 6. The second-order valence-electron chi connectivity index (χ2n) is 11.8. The van der Waals surface area contributed by atoms with Gasteiger partial charge in [-0.2, -0.15) is 0 Å². The van der Waals surface area contributed by atoms with E-state index in [9.17, 15) is 13.2 Å². The van der Waals surface area contributed by atoms with Crippen molar-refractivity contribution in [2.24, 2.45) is 0 Å².